The summed E-state index contributed by atoms with van der Waals surface area (Å²) in [6, 6.07) is 3.06. The van der Waals surface area contributed by atoms with Crippen LogP contribution in [0.2, 0.25) is 0 Å². The molecular formula is C12H12F2N4OS. The quantitative estimate of drug-likeness (QED) is 0.828. The number of aromatic amines is 1. The molecule has 2 aromatic rings. The normalized spacial score (nSPS) is 12.3. The fourth-order valence-electron chi connectivity index (χ4n) is 1.59. The summed E-state index contributed by atoms with van der Waals surface area (Å²) in [7, 11) is 0. The van der Waals surface area contributed by atoms with Crippen LogP contribution in [0, 0.1) is 11.6 Å². The maximum atomic E-state index is 13.1. The van der Waals surface area contributed by atoms with Gasteiger partial charge in [-0.2, -0.15) is 0 Å². The van der Waals surface area contributed by atoms with Gasteiger partial charge in [-0.3, -0.25) is 9.89 Å². The van der Waals surface area contributed by atoms with Gasteiger partial charge in [-0.05, 0) is 18.6 Å². The van der Waals surface area contributed by atoms with Gasteiger partial charge in [0, 0.05) is 11.6 Å². The first kappa shape index (κ1) is 14.4. The van der Waals surface area contributed by atoms with E-state index in [-0.39, 0.29) is 11.4 Å². The summed E-state index contributed by atoms with van der Waals surface area (Å²) in [5.74, 6) is -1.63. The zero-order valence-electron chi connectivity index (χ0n) is 10.6. The molecular weight excluding hydrogens is 286 g/mol. The highest BCUT2D eigenvalue weighted by Crippen LogP contribution is 2.25. The van der Waals surface area contributed by atoms with Gasteiger partial charge in [0.2, 0.25) is 11.1 Å². The van der Waals surface area contributed by atoms with Crippen LogP contribution in [0.1, 0.15) is 13.3 Å². The second-order valence-electron chi connectivity index (χ2n) is 4.04. The van der Waals surface area contributed by atoms with Gasteiger partial charge in [0.1, 0.15) is 11.6 Å². The largest absolute Gasteiger partial charge is 0.369 e. The highest BCUT2D eigenvalue weighted by Gasteiger charge is 2.18. The molecule has 1 atom stereocenters. The van der Waals surface area contributed by atoms with Crippen LogP contribution >= 0.6 is 11.8 Å². The van der Waals surface area contributed by atoms with Crippen molar-refractivity contribution in [3.05, 3.63) is 29.8 Å². The number of H-pyrrole nitrogens is 1. The SMILES string of the molecule is CC[C@H](Sc1n[nH]c(-c2cc(F)cc(F)c2)n1)C(N)=O. The number of thioether (sulfide) groups is 1. The molecule has 5 nitrogen and oxygen atoms in total. The molecule has 1 heterocycles. The average Bonchev–Trinajstić information content (AvgIpc) is 2.83. The van der Waals surface area contributed by atoms with Gasteiger partial charge in [-0.1, -0.05) is 18.7 Å². The van der Waals surface area contributed by atoms with Crippen LogP contribution in [0.15, 0.2) is 23.4 Å². The molecule has 20 heavy (non-hydrogen) atoms. The molecule has 1 amide bonds. The van der Waals surface area contributed by atoms with E-state index < -0.39 is 22.8 Å². The van der Waals surface area contributed by atoms with E-state index >= 15 is 0 Å². The number of aromatic nitrogens is 3. The van der Waals surface area contributed by atoms with Crippen molar-refractivity contribution in [1.29, 1.82) is 0 Å². The molecule has 0 aliphatic heterocycles. The van der Waals surface area contributed by atoms with Crippen molar-refractivity contribution >= 4 is 17.7 Å². The summed E-state index contributed by atoms with van der Waals surface area (Å²) < 4.78 is 26.2. The Morgan fingerprint density at radius 3 is 2.60 bits per heavy atom. The monoisotopic (exact) mass is 298 g/mol. The molecule has 0 aliphatic rings. The fraction of sp³-hybridized carbons (Fsp3) is 0.250. The van der Waals surface area contributed by atoms with Crippen LogP contribution < -0.4 is 5.73 Å². The van der Waals surface area contributed by atoms with Gasteiger partial charge in [0.25, 0.3) is 0 Å². The topological polar surface area (TPSA) is 84.7 Å². The summed E-state index contributed by atoms with van der Waals surface area (Å²) in [4.78, 5) is 15.2. The number of nitrogens with zero attached hydrogens (tertiary/aromatic N) is 2. The van der Waals surface area contributed by atoms with Crippen molar-refractivity contribution in [3.63, 3.8) is 0 Å². The number of hydrogen-bond donors (Lipinski definition) is 2. The lowest BCUT2D eigenvalue weighted by Gasteiger charge is -2.05. The number of rotatable bonds is 5. The Hall–Kier alpha value is -1.96. The number of amides is 1. The van der Waals surface area contributed by atoms with E-state index in [0.717, 1.165) is 30.0 Å². The molecule has 1 aromatic heterocycles. The van der Waals surface area contributed by atoms with Gasteiger partial charge >= 0.3 is 0 Å². The molecule has 0 unspecified atom stereocenters. The number of primary amides is 1. The van der Waals surface area contributed by atoms with Crippen LogP contribution in [-0.4, -0.2) is 26.3 Å². The van der Waals surface area contributed by atoms with Crippen molar-refractivity contribution in [2.75, 3.05) is 0 Å². The van der Waals surface area contributed by atoms with Crippen LogP contribution in [0.4, 0.5) is 8.78 Å². The maximum Gasteiger partial charge on any atom is 0.231 e. The first-order chi connectivity index (χ1) is 9.49. The molecule has 0 aliphatic carbocycles. The number of carbonyl (C=O) groups is 1. The van der Waals surface area contributed by atoms with E-state index in [1.807, 2.05) is 6.92 Å². The zero-order valence-corrected chi connectivity index (χ0v) is 11.4. The smallest absolute Gasteiger partial charge is 0.231 e. The number of halogens is 2. The van der Waals surface area contributed by atoms with Crippen molar-refractivity contribution in [2.45, 2.75) is 23.8 Å². The summed E-state index contributed by atoms with van der Waals surface area (Å²) in [5, 5.41) is 6.33. The lowest BCUT2D eigenvalue weighted by molar-refractivity contribution is -0.117. The highest BCUT2D eigenvalue weighted by molar-refractivity contribution is 8.00. The third kappa shape index (κ3) is 3.32. The lowest BCUT2D eigenvalue weighted by Crippen LogP contribution is -2.24. The molecule has 106 valence electrons. The second-order valence-corrected chi connectivity index (χ2v) is 5.21. The number of carbonyl (C=O) groups excluding carboxylic acids is 1. The van der Waals surface area contributed by atoms with Gasteiger partial charge in [-0.15, -0.1) is 5.10 Å². The third-order valence-electron chi connectivity index (χ3n) is 2.54. The molecule has 3 N–H and O–H groups in total. The molecule has 0 bridgehead atoms. The van der Waals surface area contributed by atoms with Gasteiger partial charge < -0.3 is 5.73 Å². The van der Waals surface area contributed by atoms with Crippen LogP contribution in [0.3, 0.4) is 0 Å². The first-order valence-electron chi connectivity index (χ1n) is 5.84. The summed E-state index contributed by atoms with van der Waals surface area (Å²) >= 11 is 1.11. The van der Waals surface area contributed by atoms with E-state index in [2.05, 4.69) is 15.2 Å². The minimum absolute atomic E-state index is 0.227. The van der Waals surface area contributed by atoms with Crippen LogP contribution in [0.5, 0.6) is 0 Å². The van der Waals surface area contributed by atoms with Crippen LogP contribution in [0.25, 0.3) is 11.4 Å². The predicted molar refractivity (Wildman–Crippen MR) is 70.9 cm³/mol. The standard InChI is InChI=1S/C12H12F2N4OS/c1-2-9(10(15)19)20-12-16-11(17-18-12)6-3-7(13)5-8(14)4-6/h3-5,9H,2H2,1H3,(H2,15,19)(H,16,17,18)/t9-/m0/s1. The first-order valence-corrected chi connectivity index (χ1v) is 6.72. The summed E-state index contributed by atoms with van der Waals surface area (Å²) in [6.45, 7) is 1.82. The van der Waals surface area contributed by atoms with Gasteiger partial charge in [-0.25, -0.2) is 13.8 Å². The fourth-order valence-corrected chi connectivity index (χ4v) is 2.37. The highest BCUT2D eigenvalue weighted by atomic mass is 32.2. The lowest BCUT2D eigenvalue weighted by atomic mass is 10.2. The van der Waals surface area contributed by atoms with Gasteiger partial charge in [0.05, 0.1) is 5.25 Å². The minimum Gasteiger partial charge on any atom is -0.369 e. The predicted octanol–water partition coefficient (Wildman–Crippen LogP) is 2.11. The average molecular weight is 298 g/mol. The number of hydrogen-bond acceptors (Lipinski definition) is 4. The van der Waals surface area contributed by atoms with Gasteiger partial charge in [0.15, 0.2) is 5.82 Å². The molecule has 0 fully saturated rings. The zero-order chi connectivity index (χ0) is 14.7. The summed E-state index contributed by atoms with van der Waals surface area (Å²) in [6.07, 6.45) is 0.540. The Balaban J connectivity index is 2.22. The molecule has 8 heteroatoms. The van der Waals surface area contributed by atoms with Crippen molar-refractivity contribution in [1.82, 2.24) is 15.2 Å². The minimum atomic E-state index is -0.700. The van der Waals surface area contributed by atoms with Crippen molar-refractivity contribution in [2.24, 2.45) is 5.73 Å². The molecule has 0 saturated heterocycles. The number of benzene rings is 1. The van der Waals surface area contributed by atoms with Crippen LogP contribution in [-0.2, 0) is 4.79 Å². The molecule has 0 spiro atoms. The molecule has 2 rings (SSSR count). The molecule has 1 aromatic carbocycles. The summed E-state index contributed by atoms with van der Waals surface area (Å²) in [5.41, 5.74) is 5.47. The van der Waals surface area contributed by atoms with E-state index in [9.17, 15) is 13.6 Å². The molecule has 0 radical (unpaired) electrons. The van der Waals surface area contributed by atoms with Crippen molar-refractivity contribution in [3.8, 4) is 11.4 Å². The van der Waals surface area contributed by atoms with E-state index in [1.54, 1.807) is 0 Å². The Kier molecular flexibility index (Phi) is 4.33. The van der Waals surface area contributed by atoms with E-state index in [0.29, 0.717) is 11.6 Å². The third-order valence-corrected chi connectivity index (χ3v) is 3.78. The van der Waals surface area contributed by atoms with E-state index in [1.165, 1.54) is 0 Å². The Bertz CT molecular complexity index is 611. The number of nitrogens with one attached hydrogen (secondary N) is 1. The Labute approximate surface area is 118 Å². The Morgan fingerprint density at radius 1 is 1.40 bits per heavy atom. The Morgan fingerprint density at radius 2 is 2.05 bits per heavy atom. The number of nitrogens with two attached hydrogens (primary N) is 1. The van der Waals surface area contributed by atoms with E-state index in [4.69, 9.17) is 5.73 Å². The van der Waals surface area contributed by atoms with Crippen molar-refractivity contribution < 1.29 is 13.6 Å². The maximum absolute atomic E-state index is 13.1. The second kappa shape index (κ2) is 6.00. The molecule has 0 saturated carbocycles.